The molecule has 2 N–H and O–H groups in total. The van der Waals surface area contributed by atoms with Crippen LogP contribution >= 0.6 is 11.6 Å². The number of hydrogen-bond acceptors (Lipinski definition) is 2. The predicted octanol–water partition coefficient (Wildman–Crippen LogP) is 2.60. The average Bonchev–Trinajstić information content (AvgIpc) is 2.74. The van der Waals surface area contributed by atoms with Gasteiger partial charge in [0.15, 0.2) is 0 Å². The molecule has 0 spiro atoms. The number of ether oxygens (including phenoxy) is 1. The number of unbranched alkanes of at least 4 members (excludes halogenated alkanes) is 1. The van der Waals surface area contributed by atoms with Gasteiger partial charge in [-0.1, -0.05) is 24.9 Å². The van der Waals surface area contributed by atoms with Gasteiger partial charge in [-0.25, -0.2) is 0 Å². The molecule has 0 atom stereocenters. The topological polar surface area (TPSA) is 54.1 Å². The Morgan fingerprint density at radius 2 is 2.24 bits per heavy atom. The van der Waals surface area contributed by atoms with E-state index in [-0.39, 0.29) is 5.91 Å². The molecule has 1 aromatic rings. The van der Waals surface area contributed by atoms with Gasteiger partial charge in [-0.3, -0.25) is 4.79 Å². The van der Waals surface area contributed by atoms with Crippen LogP contribution in [0.4, 0.5) is 0 Å². The van der Waals surface area contributed by atoms with Crippen molar-refractivity contribution in [3.05, 3.63) is 23.0 Å². The second-order valence-corrected chi connectivity index (χ2v) is 4.24. The van der Waals surface area contributed by atoms with E-state index in [1.165, 1.54) is 0 Å². The van der Waals surface area contributed by atoms with E-state index in [0.29, 0.717) is 23.9 Å². The lowest BCUT2D eigenvalue weighted by atomic mass is 10.3. The van der Waals surface area contributed by atoms with Gasteiger partial charge in [0.1, 0.15) is 5.69 Å². The quantitative estimate of drug-likeness (QED) is 0.705. The number of amides is 1. The number of aromatic amines is 1. The Hall–Kier alpha value is -1.00. The van der Waals surface area contributed by atoms with E-state index < -0.39 is 0 Å². The molecule has 0 aromatic carbocycles. The van der Waals surface area contributed by atoms with E-state index >= 15 is 0 Å². The fourth-order valence-electron chi connectivity index (χ4n) is 1.32. The van der Waals surface area contributed by atoms with Crippen LogP contribution in [0.15, 0.2) is 12.3 Å². The monoisotopic (exact) mass is 258 g/mol. The second kappa shape index (κ2) is 8.14. The fourth-order valence-corrected chi connectivity index (χ4v) is 1.48. The van der Waals surface area contributed by atoms with Crippen LogP contribution in [0.3, 0.4) is 0 Å². The van der Waals surface area contributed by atoms with Crippen LogP contribution in [0.5, 0.6) is 0 Å². The van der Waals surface area contributed by atoms with Crippen LogP contribution in [-0.4, -0.2) is 30.6 Å². The maximum Gasteiger partial charge on any atom is 0.267 e. The Kier molecular flexibility index (Phi) is 6.74. The first kappa shape index (κ1) is 14.1. The zero-order chi connectivity index (χ0) is 12.5. The van der Waals surface area contributed by atoms with E-state index in [9.17, 15) is 4.79 Å². The molecule has 4 nitrogen and oxygen atoms in total. The minimum Gasteiger partial charge on any atom is -0.381 e. The molecule has 5 heteroatoms. The first-order chi connectivity index (χ1) is 8.24. The minimum absolute atomic E-state index is 0.134. The Morgan fingerprint density at radius 1 is 1.47 bits per heavy atom. The maximum atomic E-state index is 11.6. The molecule has 0 bridgehead atoms. The van der Waals surface area contributed by atoms with Crippen LogP contribution in [0.1, 0.15) is 36.7 Å². The highest BCUT2D eigenvalue weighted by Crippen LogP contribution is 2.08. The number of carbonyl (C=O) groups is 1. The number of hydrogen-bond donors (Lipinski definition) is 2. The summed E-state index contributed by atoms with van der Waals surface area (Å²) in [6, 6.07) is 1.61. The van der Waals surface area contributed by atoms with E-state index in [0.717, 1.165) is 25.9 Å². The van der Waals surface area contributed by atoms with Crippen LogP contribution in [0.25, 0.3) is 0 Å². The normalized spacial score (nSPS) is 10.5. The van der Waals surface area contributed by atoms with Gasteiger partial charge < -0.3 is 15.0 Å². The summed E-state index contributed by atoms with van der Waals surface area (Å²) >= 11 is 5.71. The van der Waals surface area contributed by atoms with Crippen molar-refractivity contribution >= 4 is 17.5 Å². The minimum atomic E-state index is -0.134. The van der Waals surface area contributed by atoms with E-state index in [4.69, 9.17) is 16.3 Å². The molecule has 17 heavy (non-hydrogen) atoms. The highest BCUT2D eigenvalue weighted by Gasteiger charge is 2.06. The van der Waals surface area contributed by atoms with E-state index in [1.807, 2.05) is 0 Å². The van der Waals surface area contributed by atoms with Gasteiger partial charge in [0, 0.05) is 26.0 Å². The van der Waals surface area contributed by atoms with Crippen LogP contribution in [0, 0.1) is 0 Å². The van der Waals surface area contributed by atoms with Gasteiger partial charge in [0.2, 0.25) is 0 Å². The van der Waals surface area contributed by atoms with Gasteiger partial charge in [0.05, 0.1) is 5.02 Å². The van der Waals surface area contributed by atoms with E-state index in [2.05, 4.69) is 17.2 Å². The van der Waals surface area contributed by atoms with Gasteiger partial charge in [-0.2, -0.15) is 0 Å². The number of halogens is 1. The highest BCUT2D eigenvalue weighted by molar-refractivity contribution is 6.30. The molecule has 0 aliphatic carbocycles. The Bertz CT molecular complexity index is 339. The highest BCUT2D eigenvalue weighted by atomic mass is 35.5. The largest absolute Gasteiger partial charge is 0.381 e. The first-order valence-electron chi connectivity index (χ1n) is 5.94. The maximum absolute atomic E-state index is 11.6. The van der Waals surface area contributed by atoms with Crippen molar-refractivity contribution in [2.24, 2.45) is 0 Å². The lowest BCUT2D eigenvalue weighted by Gasteiger charge is -2.04. The molecule has 96 valence electrons. The molecule has 0 saturated carbocycles. The number of nitrogens with one attached hydrogen (secondary N) is 2. The summed E-state index contributed by atoms with van der Waals surface area (Å²) in [5, 5.41) is 3.33. The van der Waals surface area contributed by atoms with Crippen LogP contribution in [-0.2, 0) is 4.74 Å². The summed E-state index contributed by atoms with van der Waals surface area (Å²) in [5.41, 5.74) is 0.488. The molecule has 0 aliphatic rings. The van der Waals surface area contributed by atoms with Crippen molar-refractivity contribution in [2.45, 2.75) is 26.2 Å². The van der Waals surface area contributed by atoms with Crippen molar-refractivity contribution in [3.8, 4) is 0 Å². The molecule has 1 rings (SSSR count). The molecular weight excluding hydrogens is 240 g/mol. The average molecular weight is 259 g/mol. The molecule has 0 fully saturated rings. The van der Waals surface area contributed by atoms with Crippen molar-refractivity contribution in [1.29, 1.82) is 0 Å². The number of carbonyl (C=O) groups excluding carboxylic acids is 1. The molecule has 0 aliphatic heterocycles. The Morgan fingerprint density at radius 3 is 2.88 bits per heavy atom. The Balaban J connectivity index is 2.05. The summed E-state index contributed by atoms with van der Waals surface area (Å²) in [6.45, 7) is 4.23. The molecule has 0 unspecified atom stereocenters. The lowest BCUT2D eigenvalue weighted by molar-refractivity contribution is 0.0936. The van der Waals surface area contributed by atoms with Crippen molar-refractivity contribution in [2.75, 3.05) is 19.8 Å². The summed E-state index contributed by atoms with van der Waals surface area (Å²) in [4.78, 5) is 14.4. The summed E-state index contributed by atoms with van der Waals surface area (Å²) in [7, 11) is 0. The Labute approximate surface area is 107 Å². The van der Waals surface area contributed by atoms with Gasteiger partial charge >= 0.3 is 0 Å². The van der Waals surface area contributed by atoms with Crippen molar-refractivity contribution < 1.29 is 9.53 Å². The molecule has 1 heterocycles. The third-order valence-corrected chi connectivity index (χ3v) is 2.50. The molecule has 0 saturated heterocycles. The molecule has 1 amide bonds. The number of H-pyrrole nitrogens is 1. The molecule has 0 radical (unpaired) electrons. The number of aromatic nitrogens is 1. The second-order valence-electron chi connectivity index (χ2n) is 3.81. The fraction of sp³-hybridized carbons (Fsp3) is 0.583. The molecular formula is C12H19ClN2O2. The summed E-state index contributed by atoms with van der Waals surface area (Å²) in [6.07, 6.45) is 4.64. The zero-order valence-corrected chi connectivity index (χ0v) is 10.8. The standard InChI is InChI=1S/C12H19ClN2O2/c1-2-3-6-17-7-4-5-14-12(16)11-8-10(13)9-15-11/h8-9,15H,2-7H2,1H3,(H,14,16). The third-order valence-electron chi connectivity index (χ3n) is 2.29. The van der Waals surface area contributed by atoms with E-state index in [1.54, 1.807) is 12.3 Å². The van der Waals surface area contributed by atoms with Gasteiger partial charge in [-0.15, -0.1) is 0 Å². The lowest BCUT2D eigenvalue weighted by Crippen LogP contribution is -2.25. The SMILES string of the molecule is CCCCOCCCNC(=O)c1cc(Cl)c[nH]1. The number of rotatable bonds is 8. The van der Waals surface area contributed by atoms with Crippen molar-refractivity contribution in [1.82, 2.24) is 10.3 Å². The van der Waals surface area contributed by atoms with Crippen molar-refractivity contribution in [3.63, 3.8) is 0 Å². The van der Waals surface area contributed by atoms with Crippen LogP contribution < -0.4 is 5.32 Å². The third kappa shape index (κ3) is 5.75. The zero-order valence-electron chi connectivity index (χ0n) is 10.1. The summed E-state index contributed by atoms with van der Waals surface area (Å²) < 4.78 is 5.39. The summed E-state index contributed by atoms with van der Waals surface area (Å²) in [5.74, 6) is -0.134. The smallest absolute Gasteiger partial charge is 0.267 e. The van der Waals surface area contributed by atoms with Gasteiger partial charge in [-0.05, 0) is 18.9 Å². The first-order valence-corrected chi connectivity index (χ1v) is 6.31. The predicted molar refractivity (Wildman–Crippen MR) is 68.5 cm³/mol. The van der Waals surface area contributed by atoms with Gasteiger partial charge in [0.25, 0.3) is 5.91 Å². The van der Waals surface area contributed by atoms with Crippen LogP contribution in [0.2, 0.25) is 5.02 Å². The molecule has 1 aromatic heterocycles.